The molecule has 19 heavy (non-hydrogen) atoms. The van der Waals surface area contributed by atoms with Crippen LogP contribution in [0.5, 0.6) is 0 Å². The summed E-state index contributed by atoms with van der Waals surface area (Å²) in [6.45, 7) is 3.04. The lowest BCUT2D eigenvalue weighted by atomic mass is 10.1. The summed E-state index contributed by atoms with van der Waals surface area (Å²) >= 11 is 0. The Hall–Kier alpha value is -2.05. The van der Waals surface area contributed by atoms with Crippen LogP contribution in [-0.2, 0) is 16.6 Å². The summed E-state index contributed by atoms with van der Waals surface area (Å²) in [4.78, 5) is 14.5. The number of nitrogens with one attached hydrogen (secondary N) is 1. The predicted molar refractivity (Wildman–Crippen MR) is 69.2 cm³/mol. The van der Waals surface area contributed by atoms with Gasteiger partial charge in [0.05, 0.1) is 12.8 Å². The minimum atomic E-state index is -0.542. The highest BCUT2D eigenvalue weighted by Gasteiger charge is 2.22. The summed E-state index contributed by atoms with van der Waals surface area (Å²) in [5, 5.41) is 10.6. The molecule has 1 aromatic heterocycles. The zero-order valence-corrected chi connectivity index (χ0v) is 11.1. The molecule has 1 unspecified atom stereocenters. The van der Waals surface area contributed by atoms with Gasteiger partial charge in [-0.05, 0) is 25.4 Å². The third kappa shape index (κ3) is 4.99. The van der Waals surface area contributed by atoms with E-state index in [0.717, 1.165) is 5.56 Å². The minimum Gasteiger partial charge on any atom is -0.465 e. The molecule has 0 spiro atoms. The van der Waals surface area contributed by atoms with Crippen molar-refractivity contribution in [1.82, 2.24) is 15.1 Å². The first-order valence-corrected chi connectivity index (χ1v) is 6.08. The SMILES string of the molecule is CCOC(=O)C(NCCCN=[N+]=[N-])c1cnn(C)c1. The van der Waals surface area contributed by atoms with Crippen LogP contribution >= 0.6 is 0 Å². The number of azide groups is 1. The highest BCUT2D eigenvalue weighted by Crippen LogP contribution is 2.13. The lowest BCUT2D eigenvalue weighted by Crippen LogP contribution is -2.31. The molecule has 1 aromatic rings. The number of rotatable bonds is 8. The van der Waals surface area contributed by atoms with E-state index in [9.17, 15) is 4.79 Å². The second-order valence-electron chi connectivity index (χ2n) is 3.89. The van der Waals surface area contributed by atoms with Gasteiger partial charge in [-0.3, -0.25) is 4.68 Å². The van der Waals surface area contributed by atoms with Crippen LogP contribution in [0.2, 0.25) is 0 Å². The molecule has 104 valence electrons. The van der Waals surface area contributed by atoms with Crippen LogP contribution in [0, 0.1) is 0 Å². The summed E-state index contributed by atoms with van der Waals surface area (Å²) in [6.07, 6.45) is 4.05. The van der Waals surface area contributed by atoms with E-state index >= 15 is 0 Å². The van der Waals surface area contributed by atoms with Gasteiger partial charge in [0.25, 0.3) is 0 Å². The van der Waals surface area contributed by atoms with Crippen LogP contribution in [-0.4, -0.2) is 35.4 Å². The Morgan fingerprint density at radius 3 is 3.11 bits per heavy atom. The van der Waals surface area contributed by atoms with Crippen LogP contribution in [0.25, 0.3) is 10.4 Å². The number of carbonyl (C=O) groups is 1. The summed E-state index contributed by atoms with van der Waals surface area (Å²) in [5.74, 6) is -0.334. The number of hydrogen-bond acceptors (Lipinski definition) is 5. The van der Waals surface area contributed by atoms with Crippen molar-refractivity contribution >= 4 is 5.97 Å². The molecular formula is C11H18N6O2. The minimum absolute atomic E-state index is 0.329. The topological polar surface area (TPSA) is 105 Å². The molecule has 1 N–H and O–H groups in total. The molecule has 1 heterocycles. The highest BCUT2D eigenvalue weighted by atomic mass is 16.5. The van der Waals surface area contributed by atoms with Gasteiger partial charge >= 0.3 is 5.97 Å². The number of aromatic nitrogens is 2. The van der Waals surface area contributed by atoms with Crippen LogP contribution in [0.3, 0.4) is 0 Å². The Kier molecular flexibility index (Phi) is 6.42. The normalized spacial score (nSPS) is 11.7. The Balaban J connectivity index is 2.59. The van der Waals surface area contributed by atoms with Gasteiger partial charge in [0.1, 0.15) is 6.04 Å². The first-order chi connectivity index (χ1) is 9.19. The van der Waals surface area contributed by atoms with Crippen molar-refractivity contribution in [3.8, 4) is 0 Å². The Morgan fingerprint density at radius 2 is 2.53 bits per heavy atom. The summed E-state index contributed by atoms with van der Waals surface area (Å²) in [6, 6.07) is -0.542. The van der Waals surface area contributed by atoms with Crippen LogP contribution in [0.4, 0.5) is 0 Å². The monoisotopic (exact) mass is 266 g/mol. The van der Waals surface area contributed by atoms with Gasteiger partial charge in [-0.15, -0.1) is 0 Å². The zero-order valence-electron chi connectivity index (χ0n) is 11.1. The number of esters is 1. The Labute approximate surface area is 111 Å². The molecule has 0 aliphatic rings. The predicted octanol–water partition coefficient (Wildman–Crippen LogP) is 1.31. The maximum absolute atomic E-state index is 11.9. The highest BCUT2D eigenvalue weighted by molar-refractivity contribution is 5.77. The third-order valence-corrected chi connectivity index (χ3v) is 2.43. The number of aryl methyl sites for hydroxylation is 1. The first kappa shape index (κ1) is 15.0. The van der Waals surface area contributed by atoms with Crippen LogP contribution in [0.1, 0.15) is 24.9 Å². The zero-order chi connectivity index (χ0) is 14.1. The van der Waals surface area contributed by atoms with Crippen molar-refractivity contribution in [3.63, 3.8) is 0 Å². The molecule has 0 aliphatic carbocycles. The van der Waals surface area contributed by atoms with Crippen molar-refractivity contribution < 1.29 is 9.53 Å². The average molecular weight is 266 g/mol. The first-order valence-electron chi connectivity index (χ1n) is 6.08. The van der Waals surface area contributed by atoms with E-state index in [1.165, 1.54) is 0 Å². The molecule has 0 amide bonds. The summed E-state index contributed by atoms with van der Waals surface area (Å²) in [7, 11) is 1.79. The Bertz CT molecular complexity index is 452. The van der Waals surface area contributed by atoms with Crippen LogP contribution < -0.4 is 5.32 Å². The van der Waals surface area contributed by atoms with E-state index in [2.05, 4.69) is 20.4 Å². The van der Waals surface area contributed by atoms with E-state index in [0.29, 0.717) is 26.1 Å². The van der Waals surface area contributed by atoms with E-state index in [1.807, 2.05) is 0 Å². The van der Waals surface area contributed by atoms with Gasteiger partial charge < -0.3 is 10.1 Å². The molecule has 8 nitrogen and oxygen atoms in total. The van der Waals surface area contributed by atoms with E-state index < -0.39 is 6.04 Å². The summed E-state index contributed by atoms with van der Waals surface area (Å²) in [5.41, 5.74) is 8.92. The van der Waals surface area contributed by atoms with Gasteiger partial charge in [0.2, 0.25) is 0 Å². The lowest BCUT2D eigenvalue weighted by molar-refractivity contribution is -0.145. The van der Waals surface area contributed by atoms with E-state index in [4.69, 9.17) is 10.3 Å². The molecule has 0 saturated heterocycles. The van der Waals surface area contributed by atoms with Crippen molar-refractivity contribution in [3.05, 3.63) is 28.4 Å². The molecule has 0 radical (unpaired) electrons. The molecule has 0 aromatic carbocycles. The lowest BCUT2D eigenvalue weighted by Gasteiger charge is -2.15. The van der Waals surface area contributed by atoms with Crippen molar-refractivity contribution in [2.24, 2.45) is 12.2 Å². The summed E-state index contributed by atoms with van der Waals surface area (Å²) < 4.78 is 6.65. The number of hydrogen-bond donors (Lipinski definition) is 1. The van der Waals surface area contributed by atoms with Gasteiger partial charge in [-0.2, -0.15) is 5.10 Å². The largest absolute Gasteiger partial charge is 0.465 e. The molecule has 0 saturated carbocycles. The van der Waals surface area contributed by atoms with Gasteiger partial charge in [0.15, 0.2) is 0 Å². The fourth-order valence-corrected chi connectivity index (χ4v) is 1.59. The van der Waals surface area contributed by atoms with Gasteiger partial charge in [-0.1, -0.05) is 5.11 Å². The van der Waals surface area contributed by atoms with Gasteiger partial charge in [-0.25, -0.2) is 4.79 Å². The van der Waals surface area contributed by atoms with Gasteiger partial charge in [0, 0.05) is 30.3 Å². The van der Waals surface area contributed by atoms with E-state index in [-0.39, 0.29) is 5.97 Å². The molecule has 1 atom stereocenters. The third-order valence-electron chi connectivity index (χ3n) is 2.43. The maximum atomic E-state index is 11.9. The molecule has 1 rings (SSSR count). The maximum Gasteiger partial charge on any atom is 0.327 e. The molecular weight excluding hydrogens is 248 g/mol. The molecule has 0 aliphatic heterocycles. The molecule has 0 bridgehead atoms. The number of carbonyl (C=O) groups excluding carboxylic acids is 1. The quantitative estimate of drug-likeness (QED) is 0.252. The van der Waals surface area contributed by atoms with Crippen molar-refractivity contribution in [2.45, 2.75) is 19.4 Å². The van der Waals surface area contributed by atoms with E-state index in [1.54, 1.807) is 31.0 Å². The second-order valence-corrected chi connectivity index (χ2v) is 3.89. The molecule has 8 heteroatoms. The second kappa shape index (κ2) is 8.12. The fraction of sp³-hybridized carbons (Fsp3) is 0.636. The Morgan fingerprint density at radius 1 is 1.74 bits per heavy atom. The number of nitrogens with zero attached hydrogens (tertiary/aromatic N) is 5. The van der Waals surface area contributed by atoms with Crippen LogP contribution in [0.15, 0.2) is 17.5 Å². The average Bonchev–Trinajstić information content (AvgIpc) is 2.80. The smallest absolute Gasteiger partial charge is 0.327 e. The fourth-order valence-electron chi connectivity index (χ4n) is 1.59. The van der Waals surface area contributed by atoms with Crippen molar-refractivity contribution in [2.75, 3.05) is 19.7 Å². The molecule has 0 fully saturated rings. The van der Waals surface area contributed by atoms with Crippen molar-refractivity contribution in [1.29, 1.82) is 0 Å². The standard InChI is InChI=1S/C11H18N6O2/c1-3-19-11(18)10(9-7-15-17(2)8-9)13-5-4-6-14-16-12/h7-8,10,13H,3-6H2,1-2H3. The number of ether oxygens (including phenoxy) is 1.